The van der Waals surface area contributed by atoms with Crippen LogP contribution in [0, 0.1) is 11.7 Å². The molecule has 1 amide bonds. The van der Waals surface area contributed by atoms with Crippen molar-refractivity contribution < 1.29 is 14.3 Å². The van der Waals surface area contributed by atoms with Crippen LogP contribution in [0.1, 0.15) is 49.7 Å². The van der Waals surface area contributed by atoms with Crippen molar-refractivity contribution in [2.45, 2.75) is 51.4 Å². The Kier molecular flexibility index (Phi) is 10.1. The maximum Gasteiger partial charge on any atom is 0.305 e. The summed E-state index contributed by atoms with van der Waals surface area (Å²) >= 11 is 1.12. The molecule has 4 N–H and O–H groups in total. The first-order chi connectivity index (χ1) is 19.9. The Morgan fingerprint density at radius 1 is 1.07 bits per heavy atom. The molecule has 1 aromatic heterocycles. The molecule has 2 aliphatic rings. The highest BCUT2D eigenvalue weighted by molar-refractivity contribution is 7.16. The zero-order chi connectivity index (χ0) is 28.6. The number of phenols is 1. The number of halogens is 1. The van der Waals surface area contributed by atoms with E-state index in [1.54, 1.807) is 18.2 Å². The number of nitrogens with zero attached hydrogens (tertiary/aromatic N) is 1. The number of amides is 1. The largest absolute Gasteiger partial charge is 0.506 e. The van der Waals surface area contributed by atoms with Crippen molar-refractivity contribution in [1.29, 1.82) is 0 Å². The Morgan fingerprint density at radius 2 is 1.88 bits per heavy atom. The zero-order valence-electron chi connectivity index (χ0n) is 23.4. The summed E-state index contributed by atoms with van der Waals surface area (Å²) in [5, 5.41) is 16.9. The number of aromatic hydroxyl groups is 1. The summed E-state index contributed by atoms with van der Waals surface area (Å²) in [7, 11) is 0. The number of aromatic nitrogens is 1. The summed E-state index contributed by atoms with van der Waals surface area (Å²) in [6.07, 6.45) is 7.78. The molecule has 5 rings (SSSR count). The lowest BCUT2D eigenvalue weighted by Crippen LogP contribution is -2.40. The van der Waals surface area contributed by atoms with E-state index in [4.69, 9.17) is 0 Å². The second-order valence-corrected chi connectivity index (χ2v) is 12.1. The molecule has 218 valence electrons. The molecular weight excluding hydrogens is 539 g/mol. The quantitative estimate of drug-likeness (QED) is 0.165. The van der Waals surface area contributed by atoms with Gasteiger partial charge in [0.1, 0.15) is 17.1 Å². The van der Waals surface area contributed by atoms with Crippen LogP contribution in [0.15, 0.2) is 58.1 Å². The number of fused-ring (bicyclic) bond motifs is 3. The van der Waals surface area contributed by atoms with E-state index in [0.717, 1.165) is 65.8 Å². The van der Waals surface area contributed by atoms with Gasteiger partial charge in [-0.2, -0.15) is 0 Å². The Bertz CT molecular complexity index is 1470. The molecule has 41 heavy (non-hydrogen) atoms. The third-order valence-electron chi connectivity index (χ3n) is 8.04. The van der Waals surface area contributed by atoms with Crippen LogP contribution in [0.25, 0.3) is 10.2 Å². The predicted molar refractivity (Wildman–Crippen MR) is 162 cm³/mol. The number of hydrogen-bond acceptors (Lipinski definition) is 6. The standard InChI is InChI=1S/C32H39FN4O3S/c33-27-7-4-22(5-8-27)10-13-34-15-12-29(39)37(21-25-19-23-2-1-3-24(18-23)20-25)17-16-35-14-11-26-6-9-28(38)30-31(26)41-32(40)36-30/h4-9,23,34-35,38H,1-3,10-19,21H2,(H,36,40). The highest BCUT2D eigenvalue weighted by Gasteiger charge is 2.24. The van der Waals surface area contributed by atoms with Gasteiger partial charge in [0.2, 0.25) is 5.91 Å². The van der Waals surface area contributed by atoms with Gasteiger partial charge in [0.05, 0.1) is 4.70 Å². The molecule has 7 nitrogen and oxygen atoms in total. The first kappa shape index (κ1) is 29.3. The Labute approximate surface area is 244 Å². The van der Waals surface area contributed by atoms with Crippen molar-refractivity contribution >= 4 is 27.5 Å². The molecule has 0 spiro atoms. The summed E-state index contributed by atoms with van der Waals surface area (Å²) in [6, 6.07) is 10.0. The molecule has 0 saturated heterocycles. The molecule has 1 unspecified atom stereocenters. The van der Waals surface area contributed by atoms with Gasteiger partial charge in [0.25, 0.3) is 0 Å². The number of phenolic OH excluding ortho intramolecular Hbond substituents is 1. The summed E-state index contributed by atoms with van der Waals surface area (Å²) < 4.78 is 13.9. The van der Waals surface area contributed by atoms with Crippen molar-refractivity contribution in [3.63, 3.8) is 0 Å². The van der Waals surface area contributed by atoms with Gasteiger partial charge >= 0.3 is 4.87 Å². The van der Waals surface area contributed by atoms with Crippen LogP contribution in [-0.2, 0) is 17.6 Å². The topological polar surface area (TPSA) is 97.5 Å². The van der Waals surface area contributed by atoms with E-state index in [-0.39, 0.29) is 22.3 Å². The zero-order valence-corrected chi connectivity index (χ0v) is 24.3. The molecule has 0 radical (unpaired) electrons. The minimum atomic E-state index is -0.231. The molecule has 2 bridgehead atoms. The fourth-order valence-electron chi connectivity index (χ4n) is 5.91. The SMILES string of the molecule is O=C(CCNCCc1ccc(F)cc1)N(CCNCCc1ccc(O)c2[nH]c(=O)sc12)CC1=C=C2CCCC(C2)C1. The van der Waals surface area contributed by atoms with Crippen LogP contribution in [-0.4, -0.2) is 60.2 Å². The van der Waals surface area contributed by atoms with Crippen LogP contribution in [0.3, 0.4) is 0 Å². The minimum absolute atomic E-state index is 0.0882. The van der Waals surface area contributed by atoms with E-state index in [1.165, 1.54) is 36.1 Å². The number of carbonyl (C=O) groups is 1. The van der Waals surface area contributed by atoms with E-state index in [9.17, 15) is 19.1 Å². The van der Waals surface area contributed by atoms with Crippen molar-refractivity contribution in [2.24, 2.45) is 5.92 Å². The average molecular weight is 579 g/mol. The van der Waals surface area contributed by atoms with E-state index in [2.05, 4.69) is 21.3 Å². The predicted octanol–water partition coefficient (Wildman–Crippen LogP) is 4.66. The average Bonchev–Trinajstić information content (AvgIpc) is 3.36. The molecule has 1 fully saturated rings. The molecule has 0 aliphatic heterocycles. The number of H-pyrrole nitrogens is 1. The lowest BCUT2D eigenvalue weighted by Gasteiger charge is -2.30. The molecular formula is C32H39FN4O3S. The molecule has 2 aliphatic carbocycles. The highest BCUT2D eigenvalue weighted by Crippen LogP contribution is 2.36. The van der Waals surface area contributed by atoms with Crippen molar-refractivity contribution in [1.82, 2.24) is 20.5 Å². The van der Waals surface area contributed by atoms with Gasteiger partial charge in [-0.15, -0.1) is 5.73 Å². The maximum absolute atomic E-state index is 13.3. The van der Waals surface area contributed by atoms with Crippen LogP contribution in [0.2, 0.25) is 0 Å². The van der Waals surface area contributed by atoms with E-state index in [1.807, 2.05) is 11.0 Å². The maximum atomic E-state index is 13.3. The number of thiazole rings is 1. The van der Waals surface area contributed by atoms with Gasteiger partial charge in [-0.3, -0.25) is 9.59 Å². The van der Waals surface area contributed by atoms with Crippen molar-refractivity contribution in [3.8, 4) is 5.75 Å². The van der Waals surface area contributed by atoms with E-state index >= 15 is 0 Å². The number of nitrogens with one attached hydrogen (secondary N) is 3. The molecule has 1 heterocycles. The second kappa shape index (κ2) is 14.1. The Hall–Kier alpha value is -3.23. The molecule has 3 aromatic rings. The van der Waals surface area contributed by atoms with Crippen molar-refractivity contribution in [2.75, 3.05) is 39.3 Å². The van der Waals surface area contributed by atoms with Gasteiger partial charge in [-0.05, 0) is 104 Å². The van der Waals surface area contributed by atoms with Crippen molar-refractivity contribution in [3.05, 3.63) is 79.9 Å². The fourth-order valence-corrected chi connectivity index (χ4v) is 6.81. The van der Waals surface area contributed by atoms with E-state index in [0.29, 0.717) is 50.6 Å². The van der Waals surface area contributed by atoms with Crippen LogP contribution in [0.4, 0.5) is 4.39 Å². The number of aromatic amines is 1. The Morgan fingerprint density at radius 3 is 2.71 bits per heavy atom. The first-order valence-electron chi connectivity index (χ1n) is 14.7. The third-order valence-corrected chi connectivity index (χ3v) is 8.99. The fraction of sp³-hybridized carbons (Fsp3) is 0.469. The molecule has 1 atom stereocenters. The lowest BCUT2D eigenvalue weighted by molar-refractivity contribution is -0.130. The number of rotatable bonds is 14. The number of benzene rings is 2. The Balaban J connectivity index is 1.12. The number of carbonyl (C=O) groups excluding carboxylic acids is 1. The molecule has 1 saturated carbocycles. The molecule has 2 aromatic carbocycles. The lowest BCUT2D eigenvalue weighted by atomic mass is 9.78. The van der Waals surface area contributed by atoms with Crippen LogP contribution >= 0.6 is 11.3 Å². The first-order valence-corrected chi connectivity index (χ1v) is 15.5. The minimum Gasteiger partial charge on any atom is -0.506 e. The normalized spacial score (nSPS) is 16.5. The monoisotopic (exact) mass is 578 g/mol. The van der Waals surface area contributed by atoms with E-state index < -0.39 is 0 Å². The smallest absolute Gasteiger partial charge is 0.305 e. The van der Waals surface area contributed by atoms with Gasteiger partial charge in [-0.1, -0.05) is 29.5 Å². The summed E-state index contributed by atoms with van der Waals surface area (Å²) in [6.45, 7) is 3.95. The summed E-state index contributed by atoms with van der Waals surface area (Å²) in [5.41, 5.74) is 8.90. The van der Waals surface area contributed by atoms with Crippen LogP contribution in [0.5, 0.6) is 5.75 Å². The third kappa shape index (κ3) is 8.17. The van der Waals surface area contributed by atoms with Gasteiger partial charge in [-0.25, -0.2) is 4.39 Å². The molecule has 9 heteroatoms. The summed E-state index contributed by atoms with van der Waals surface area (Å²) in [4.78, 5) is 29.6. The summed E-state index contributed by atoms with van der Waals surface area (Å²) in [5.74, 6) is 0.689. The van der Waals surface area contributed by atoms with Crippen LogP contribution < -0.4 is 15.5 Å². The van der Waals surface area contributed by atoms with Gasteiger partial charge in [0, 0.05) is 32.6 Å². The number of hydrogen-bond donors (Lipinski definition) is 4. The highest BCUT2D eigenvalue weighted by atomic mass is 32.1. The van der Waals surface area contributed by atoms with Gasteiger partial charge in [0.15, 0.2) is 0 Å². The van der Waals surface area contributed by atoms with Gasteiger partial charge < -0.3 is 25.6 Å². The second-order valence-electron chi connectivity index (χ2n) is 11.2.